The third kappa shape index (κ3) is 4.86. The van der Waals surface area contributed by atoms with Crippen molar-refractivity contribution >= 4 is 35.0 Å². The number of aromatic nitrogens is 2. The summed E-state index contributed by atoms with van der Waals surface area (Å²) in [5, 5.41) is 11.7. The molecule has 0 bridgehead atoms. The van der Waals surface area contributed by atoms with Crippen LogP contribution in [-0.4, -0.2) is 21.9 Å². The van der Waals surface area contributed by atoms with Crippen LogP contribution in [0.15, 0.2) is 58.2 Å². The van der Waals surface area contributed by atoms with E-state index in [0.29, 0.717) is 21.7 Å². The number of rotatable bonds is 7. The highest BCUT2D eigenvalue weighted by atomic mass is 35.5. The first kappa shape index (κ1) is 18.5. The zero-order valence-corrected chi connectivity index (χ0v) is 15.8. The fourth-order valence-electron chi connectivity index (χ4n) is 2.38. The summed E-state index contributed by atoms with van der Waals surface area (Å²) in [5.41, 5.74) is 2.71. The molecule has 0 unspecified atom stereocenters. The number of thioether (sulfide) groups is 1. The average Bonchev–Trinajstić information content (AvgIpc) is 3.11. The Morgan fingerprint density at radius 1 is 1.15 bits per heavy atom. The Bertz CT molecular complexity index is 881. The molecule has 0 saturated carbocycles. The molecular formula is C19H18ClN3O2S. The van der Waals surface area contributed by atoms with Gasteiger partial charge in [0.2, 0.25) is 11.8 Å². The van der Waals surface area contributed by atoms with Gasteiger partial charge in [-0.05, 0) is 36.2 Å². The molecule has 0 aliphatic carbocycles. The van der Waals surface area contributed by atoms with Gasteiger partial charge in [-0.25, -0.2) is 0 Å². The number of aryl methyl sites for hydroxylation is 1. The lowest BCUT2D eigenvalue weighted by molar-refractivity contribution is -0.113. The maximum Gasteiger partial charge on any atom is 0.277 e. The molecule has 3 aromatic rings. The van der Waals surface area contributed by atoms with Crippen LogP contribution < -0.4 is 5.32 Å². The molecule has 1 heterocycles. The summed E-state index contributed by atoms with van der Waals surface area (Å²) < 4.78 is 5.57. The number of nitrogens with one attached hydrogen (secondary N) is 1. The summed E-state index contributed by atoms with van der Waals surface area (Å²) >= 11 is 7.30. The smallest absolute Gasteiger partial charge is 0.277 e. The van der Waals surface area contributed by atoms with Crippen LogP contribution in [0.4, 0.5) is 5.69 Å². The summed E-state index contributed by atoms with van der Waals surface area (Å²) in [4.78, 5) is 12.1. The number of carbonyl (C=O) groups excluding carboxylic acids is 1. The van der Waals surface area contributed by atoms with Gasteiger partial charge in [0.05, 0.1) is 16.3 Å². The van der Waals surface area contributed by atoms with Crippen LogP contribution in [0.1, 0.15) is 18.9 Å². The van der Waals surface area contributed by atoms with Crippen molar-refractivity contribution in [2.75, 3.05) is 11.1 Å². The third-order valence-electron chi connectivity index (χ3n) is 3.61. The minimum atomic E-state index is -0.129. The van der Waals surface area contributed by atoms with Crippen molar-refractivity contribution in [1.29, 1.82) is 0 Å². The summed E-state index contributed by atoms with van der Waals surface area (Å²) in [7, 11) is 0. The molecule has 2 aromatic carbocycles. The monoisotopic (exact) mass is 387 g/mol. The van der Waals surface area contributed by atoms with E-state index >= 15 is 0 Å². The number of hydrogen-bond donors (Lipinski definition) is 1. The van der Waals surface area contributed by atoms with E-state index in [0.717, 1.165) is 18.5 Å². The third-order valence-corrected chi connectivity index (χ3v) is 4.76. The average molecular weight is 388 g/mol. The Morgan fingerprint density at radius 3 is 2.65 bits per heavy atom. The first-order valence-corrected chi connectivity index (χ1v) is 9.62. The summed E-state index contributed by atoms with van der Waals surface area (Å²) in [5.74, 6) is 0.390. The van der Waals surface area contributed by atoms with Gasteiger partial charge < -0.3 is 9.73 Å². The second kappa shape index (κ2) is 8.87. The van der Waals surface area contributed by atoms with Crippen molar-refractivity contribution in [3.63, 3.8) is 0 Å². The number of hydrogen-bond acceptors (Lipinski definition) is 5. The van der Waals surface area contributed by atoms with Crippen molar-refractivity contribution in [3.8, 4) is 11.5 Å². The number of amides is 1. The Morgan fingerprint density at radius 2 is 1.92 bits per heavy atom. The zero-order valence-electron chi connectivity index (χ0n) is 14.2. The van der Waals surface area contributed by atoms with Gasteiger partial charge >= 0.3 is 0 Å². The molecule has 0 spiro atoms. The second-order valence-electron chi connectivity index (χ2n) is 5.64. The fraction of sp³-hybridized carbons (Fsp3) is 0.211. The van der Waals surface area contributed by atoms with Crippen LogP contribution in [0, 0.1) is 0 Å². The predicted molar refractivity (Wildman–Crippen MR) is 105 cm³/mol. The Hall–Kier alpha value is -2.31. The molecule has 26 heavy (non-hydrogen) atoms. The topological polar surface area (TPSA) is 68.0 Å². The van der Waals surface area contributed by atoms with Crippen molar-refractivity contribution in [2.45, 2.75) is 25.0 Å². The molecule has 3 rings (SSSR count). The molecule has 0 atom stereocenters. The summed E-state index contributed by atoms with van der Waals surface area (Å²) in [6.07, 6.45) is 2.14. The van der Waals surface area contributed by atoms with E-state index in [1.165, 1.54) is 17.3 Å². The van der Waals surface area contributed by atoms with Crippen molar-refractivity contribution in [3.05, 3.63) is 59.1 Å². The largest absolute Gasteiger partial charge is 0.411 e. The minimum absolute atomic E-state index is 0.129. The highest BCUT2D eigenvalue weighted by Gasteiger charge is 2.13. The quantitative estimate of drug-likeness (QED) is 0.573. The number of anilines is 1. The van der Waals surface area contributed by atoms with Crippen LogP contribution in [0.3, 0.4) is 0 Å². The van der Waals surface area contributed by atoms with Crippen LogP contribution in [-0.2, 0) is 11.2 Å². The molecule has 0 radical (unpaired) electrons. The molecule has 0 fully saturated rings. The minimum Gasteiger partial charge on any atom is -0.411 e. The van der Waals surface area contributed by atoms with Crippen molar-refractivity contribution in [2.24, 2.45) is 0 Å². The molecule has 7 heteroatoms. The molecule has 0 saturated heterocycles. The highest BCUT2D eigenvalue weighted by molar-refractivity contribution is 7.99. The molecule has 0 aliphatic heterocycles. The number of nitrogens with zero attached hydrogens (tertiary/aromatic N) is 2. The number of carbonyl (C=O) groups is 1. The van der Waals surface area contributed by atoms with E-state index in [2.05, 4.69) is 22.4 Å². The van der Waals surface area contributed by atoms with Gasteiger partial charge in [-0.2, -0.15) is 0 Å². The Labute approximate surface area is 161 Å². The molecule has 0 aliphatic rings. The molecule has 1 N–H and O–H groups in total. The lowest BCUT2D eigenvalue weighted by Crippen LogP contribution is -2.13. The fourth-order valence-corrected chi connectivity index (χ4v) is 3.16. The SMILES string of the molecule is CCCc1ccc(NC(=O)CSc2nnc(-c3ccccc3Cl)o2)cc1. The summed E-state index contributed by atoms with van der Waals surface area (Å²) in [6.45, 7) is 2.14. The van der Waals surface area contributed by atoms with E-state index in [-0.39, 0.29) is 11.7 Å². The van der Waals surface area contributed by atoms with Crippen LogP contribution in [0.2, 0.25) is 5.02 Å². The first-order valence-electron chi connectivity index (χ1n) is 8.25. The van der Waals surface area contributed by atoms with Crippen molar-refractivity contribution < 1.29 is 9.21 Å². The lowest BCUT2D eigenvalue weighted by atomic mass is 10.1. The van der Waals surface area contributed by atoms with E-state index in [1.807, 2.05) is 36.4 Å². The Kier molecular flexibility index (Phi) is 6.30. The maximum atomic E-state index is 12.1. The van der Waals surface area contributed by atoms with Gasteiger partial charge in [-0.3, -0.25) is 4.79 Å². The number of benzene rings is 2. The highest BCUT2D eigenvalue weighted by Crippen LogP contribution is 2.28. The molecule has 134 valence electrons. The van der Waals surface area contributed by atoms with Gasteiger partial charge in [0, 0.05) is 5.69 Å². The van der Waals surface area contributed by atoms with Gasteiger partial charge in [0.15, 0.2) is 0 Å². The standard InChI is InChI=1S/C19H18ClN3O2S/c1-2-5-13-8-10-14(11-9-13)21-17(24)12-26-19-23-22-18(25-19)15-6-3-4-7-16(15)20/h3-4,6-11H,2,5,12H2,1H3,(H,21,24). The normalized spacial score (nSPS) is 10.7. The van der Waals surface area contributed by atoms with Gasteiger partial charge in [-0.15, -0.1) is 10.2 Å². The van der Waals surface area contributed by atoms with Gasteiger partial charge in [0.25, 0.3) is 5.22 Å². The molecule has 5 nitrogen and oxygen atoms in total. The van der Waals surface area contributed by atoms with E-state index < -0.39 is 0 Å². The first-order chi connectivity index (χ1) is 12.7. The molecule has 1 amide bonds. The second-order valence-corrected chi connectivity index (χ2v) is 6.97. The van der Waals surface area contributed by atoms with Crippen LogP contribution in [0.25, 0.3) is 11.5 Å². The maximum absolute atomic E-state index is 12.1. The summed E-state index contributed by atoms with van der Waals surface area (Å²) in [6, 6.07) is 15.1. The molecular weight excluding hydrogens is 370 g/mol. The number of halogens is 1. The molecule has 1 aromatic heterocycles. The van der Waals surface area contributed by atoms with Gasteiger partial charge in [-0.1, -0.05) is 61.0 Å². The van der Waals surface area contributed by atoms with Gasteiger partial charge in [0.1, 0.15) is 0 Å². The Balaban J connectivity index is 1.54. The van der Waals surface area contributed by atoms with Crippen molar-refractivity contribution in [1.82, 2.24) is 10.2 Å². The van der Waals surface area contributed by atoms with E-state index in [1.54, 1.807) is 12.1 Å². The van der Waals surface area contributed by atoms with Crippen LogP contribution in [0.5, 0.6) is 0 Å². The van der Waals surface area contributed by atoms with Crippen LogP contribution >= 0.6 is 23.4 Å². The zero-order chi connectivity index (χ0) is 18.4. The van der Waals surface area contributed by atoms with E-state index in [4.69, 9.17) is 16.0 Å². The van der Waals surface area contributed by atoms with E-state index in [9.17, 15) is 4.79 Å². The predicted octanol–water partition coefficient (Wildman–Crippen LogP) is 5.07. The lowest BCUT2D eigenvalue weighted by Gasteiger charge is -2.05.